The number of primary sulfonamides is 1. The summed E-state index contributed by atoms with van der Waals surface area (Å²) in [6.07, 6.45) is -4.26. The third-order valence-corrected chi connectivity index (χ3v) is 4.67. The molecule has 1 rings (SSSR count). The number of sulfonamides is 1. The van der Waals surface area contributed by atoms with Crippen molar-refractivity contribution in [2.24, 2.45) is 5.14 Å². The molecule has 2 N–H and O–H groups in total. The van der Waals surface area contributed by atoms with Crippen molar-refractivity contribution in [3.8, 4) is 0 Å². The van der Waals surface area contributed by atoms with Crippen LogP contribution in [0.3, 0.4) is 0 Å². The van der Waals surface area contributed by atoms with Gasteiger partial charge in [-0.15, -0.1) is 0 Å². The second-order valence-electron chi connectivity index (χ2n) is 3.57. The van der Waals surface area contributed by atoms with Crippen LogP contribution in [-0.4, -0.2) is 33.3 Å². The fourth-order valence-corrected chi connectivity index (χ4v) is 3.57. The summed E-state index contributed by atoms with van der Waals surface area (Å²) in [7, 11) is -8.08. The van der Waals surface area contributed by atoms with E-state index < -0.39 is 48.1 Å². The molecule has 0 spiro atoms. The van der Waals surface area contributed by atoms with Gasteiger partial charge in [0.2, 0.25) is 10.0 Å². The standard InChI is InChI=1S/C8H9F3N2O4S2/c9-8(10,11)6-1-2-7(13-5-6)18(14,15)3-4-19(12,16)17/h1-2,5H,3-4H2,(H2,12,16,17). The summed E-state index contributed by atoms with van der Waals surface area (Å²) in [4.78, 5) is 3.17. The Balaban J connectivity index is 2.98. The van der Waals surface area contributed by atoms with Crippen LogP contribution in [0.2, 0.25) is 0 Å². The van der Waals surface area contributed by atoms with Gasteiger partial charge in [-0.2, -0.15) is 13.2 Å². The Hall–Kier alpha value is -1.20. The fourth-order valence-electron chi connectivity index (χ4n) is 1.06. The van der Waals surface area contributed by atoms with E-state index in [4.69, 9.17) is 0 Å². The van der Waals surface area contributed by atoms with Crippen molar-refractivity contribution in [1.29, 1.82) is 0 Å². The van der Waals surface area contributed by atoms with Gasteiger partial charge in [-0.3, -0.25) is 0 Å². The van der Waals surface area contributed by atoms with Gasteiger partial charge < -0.3 is 0 Å². The number of halogens is 3. The zero-order valence-corrected chi connectivity index (χ0v) is 10.9. The largest absolute Gasteiger partial charge is 0.417 e. The second-order valence-corrected chi connectivity index (χ2v) is 7.36. The summed E-state index contributed by atoms with van der Waals surface area (Å²) < 4.78 is 81.1. The van der Waals surface area contributed by atoms with E-state index in [1.807, 2.05) is 0 Å². The molecule has 0 atom stereocenters. The van der Waals surface area contributed by atoms with Gasteiger partial charge in [0.1, 0.15) is 0 Å². The Labute approximate surface area is 107 Å². The van der Waals surface area contributed by atoms with E-state index in [-0.39, 0.29) is 0 Å². The smallest absolute Gasteiger partial charge is 0.244 e. The molecule has 19 heavy (non-hydrogen) atoms. The van der Waals surface area contributed by atoms with Crippen LogP contribution < -0.4 is 5.14 Å². The lowest BCUT2D eigenvalue weighted by molar-refractivity contribution is -0.137. The lowest BCUT2D eigenvalue weighted by atomic mass is 10.3. The maximum atomic E-state index is 12.2. The number of pyridine rings is 1. The summed E-state index contributed by atoms with van der Waals surface area (Å²) in [5, 5.41) is 4.01. The van der Waals surface area contributed by atoms with Gasteiger partial charge in [0.25, 0.3) is 0 Å². The molecule has 0 radical (unpaired) electrons. The number of hydrogen-bond donors (Lipinski definition) is 1. The van der Waals surface area contributed by atoms with Crippen molar-refractivity contribution < 1.29 is 30.0 Å². The van der Waals surface area contributed by atoms with Crippen molar-refractivity contribution in [2.45, 2.75) is 11.2 Å². The topological polar surface area (TPSA) is 107 Å². The average Bonchev–Trinajstić information content (AvgIpc) is 2.25. The zero-order valence-electron chi connectivity index (χ0n) is 9.25. The molecule has 6 nitrogen and oxygen atoms in total. The molecule has 0 amide bonds. The van der Waals surface area contributed by atoms with Crippen molar-refractivity contribution in [3.63, 3.8) is 0 Å². The quantitative estimate of drug-likeness (QED) is 0.851. The first kappa shape index (κ1) is 15.9. The van der Waals surface area contributed by atoms with Crippen molar-refractivity contribution in [2.75, 3.05) is 11.5 Å². The minimum atomic E-state index is -4.63. The summed E-state index contributed by atoms with van der Waals surface area (Å²) in [6.45, 7) is 0. The first-order valence-electron chi connectivity index (χ1n) is 4.68. The number of rotatable bonds is 4. The maximum Gasteiger partial charge on any atom is 0.417 e. The first-order valence-corrected chi connectivity index (χ1v) is 8.05. The Morgan fingerprint density at radius 3 is 2.05 bits per heavy atom. The molecule has 0 bridgehead atoms. The number of hydrogen-bond acceptors (Lipinski definition) is 5. The van der Waals surface area contributed by atoms with Crippen LogP contribution >= 0.6 is 0 Å². The maximum absolute atomic E-state index is 12.2. The van der Waals surface area contributed by atoms with Crippen molar-refractivity contribution in [1.82, 2.24) is 4.98 Å². The SMILES string of the molecule is NS(=O)(=O)CCS(=O)(=O)c1ccc(C(F)(F)F)cn1. The van der Waals surface area contributed by atoms with E-state index in [1.54, 1.807) is 0 Å². The highest BCUT2D eigenvalue weighted by atomic mass is 32.2. The fraction of sp³-hybridized carbons (Fsp3) is 0.375. The van der Waals surface area contributed by atoms with Gasteiger partial charge in [-0.05, 0) is 12.1 Å². The number of sulfone groups is 1. The van der Waals surface area contributed by atoms with Crippen molar-refractivity contribution in [3.05, 3.63) is 23.9 Å². The number of aromatic nitrogens is 1. The lowest BCUT2D eigenvalue weighted by Crippen LogP contribution is -2.23. The summed E-state index contributed by atoms with van der Waals surface area (Å²) in [6, 6.07) is 1.22. The molecule has 11 heteroatoms. The minimum absolute atomic E-state index is 0.365. The average molecular weight is 318 g/mol. The molecule has 1 aromatic heterocycles. The van der Waals surface area contributed by atoms with E-state index in [9.17, 15) is 30.0 Å². The van der Waals surface area contributed by atoms with E-state index in [0.717, 1.165) is 0 Å². The van der Waals surface area contributed by atoms with Crippen molar-refractivity contribution >= 4 is 19.9 Å². The molecule has 0 saturated heterocycles. The van der Waals surface area contributed by atoms with E-state index in [2.05, 4.69) is 10.1 Å². The molecule has 0 saturated carbocycles. The van der Waals surface area contributed by atoms with Crippen LogP contribution in [0.1, 0.15) is 5.56 Å². The third kappa shape index (κ3) is 4.76. The highest BCUT2D eigenvalue weighted by molar-refractivity contribution is 7.94. The van der Waals surface area contributed by atoms with Gasteiger partial charge in [-0.1, -0.05) is 0 Å². The Morgan fingerprint density at radius 1 is 1.11 bits per heavy atom. The molecular weight excluding hydrogens is 309 g/mol. The molecule has 0 fully saturated rings. The van der Waals surface area contributed by atoms with Crippen LogP contribution in [0.4, 0.5) is 13.2 Å². The van der Waals surface area contributed by atoms with Crippen LogP contribution in [0.15, 0.2) is 23.4 Å². The molecule has 1 heterocycles. The van der Waals surface area contributed by atoms with E-state index in [0.29, 0.717) is 18.3 Å². The van der Waals surface area contributed by atoms with Gasteiger partial charge >= 0.3 is 6.18 Å². The number of alkyl halides is 3. The molecule has 0 unspecified atom stereocenters. The normalized spacial score (nSPS) is 13.5. The zero-order chi connectivity index (χ0) is 14.9. The van der Waals surface area contributed by atoms with Crippen LogP contribution in [-0.2, 0) is 26.0 Å². The van der Waals surface area contributed by atoms with Crippen LogP contribution in [0, 0.1) is 0 Å². The monoisotopic (exact) mass is 318 g/mol. The first-order chi connectivity index (χ1) is 8.42. The summed E-state index contributed by atoms with van der Waals surface area (Å²) in [5.41, 5.74) is -1.10. The van der Waals surface area contributed by atoms with Gasteiger partial charge in [-0.25, -0.2) is 27.0 Å². The highest BCUT2D eigenvalue weighted by Crippen LogP contribution is 2.28. The van der Waals surface area contributed by atoms with Gasteiger partial charge in [0.15, 0.2) is 14.9 Å². The number of nitrogens with two attached hydrogens (primary N) is 1. The molecule has 0 aliphatic rings. The number of nitrogens with zero attached hydrogens (tertiary/aromatic N) is 1. The lowest BCUT2D eigenvalue weighted by Gasteiger charge is -2.07. The Bertz CT molecular complexity index is 650. The molecule has 0 aliphatic heterocycles. The van der Waals surface area contributed by atoms with E-state index >= 15 is 0 Å². The highest BCUT2D eigenvalue weighted by Gasteiger charge is 2.31. The predicted octanol–water partition coefficient (Wildman–Crippen LogP) is 0.163. The Kier molecular flexibility index (Phi) is 4.22. The minimum Gasteiger partial charge on any atom is -0.244 e. The summed E-state index contributed by atoms with van der Waals surface area (Å²) >= 11 is 0. The Morgan fingerprint density at radius 2 is 1.68 bits per heavy atom. The summed E-state index contributed by atoms with van der Waals surface area (Å²) in [5.74, 6) is -1.68. The second kappa shape index (κ2) is 5.06. The molecule has 1 aromatic rings. The van der Waals surface area contributed by atoms with Gasteiger partial charge in [0.05, 0.1) is 17.1 Å². The molecule has 108 valence electrons. The predicted molar refractivity (Wildman–Crippen MR) is 59.3 cm³/mol. The molecule has 0 aliphatic carbocycles. The third-order valence-electron chi connectivity index (χ3n) is 2.02. The molecule has 0 aromatic carbocycles. The van der Waals surface area contributed by atoms with Gasteiger partial charge in [0, 0.05) is 6.20 Å². The van der Waals surface area contributed by atoms with Crippen LogP contribution in [0.25, 0.3) is 0 Å². The van der Waals surface area contributed by atoms with E-state index in [1.165, 1.54) is 0 Å². The van der Waals surface area contributed by atoms with Crippen LogP contribution in [0.5, 0.6) is 0 Å². The molecular formula is C8H9F3N2O4S2.